The van der Waals surface area contributed by atoms with Crippen molar-refractivity contribution < 1.29 is 14.3 Å². The van der Waals surface area contributed by atoms with E-state index in [1.807, 2.05) is 31.3 Å². The molecule has 6 nitrogen and oxygen atoms in total. The van der Waals surface area contributed by atoms with Gasteiger partial charge >= 0.3 is 6.03 Å². The van der Waals surface area contributed by atoms with Crippen molar-refractivity contribution in [2.45, 2.75) is 56.7 Å². The van der Waals surface area contributed by atoms with Crippen molar-refractivity contribution in [3.05, 3.63) is 24.3 Å². The third-order valence-corrected chi connectivity index (χ3v) is 6.09. The van der Waals surface area contributed by atoms with E-state index in [1.165, 1.54) is 25.7 Å². The van der Waals surface area contributed by atoms with Gasteiger partial charge in [0.15, 0.2) is 17.6 Å². The van der Waals surface area contributed by atoms with Gasteiger partial charge < -0.3 is 24.6 Å². The van der Waals surface area contributed by atoms with Crippen molar-refractivity contribution >= 4 is 6.03 Å². The second-order valence-corrected chi connectivity index (χ2v) is 8.08. The number of likely N-dealkylation sites (N-methyl/N-ethyl adjacent to an activating group) is 1. The predicted molar refractivity (Wildman–Crippen MR) is 104 cm³/mol. The number of para-hydroxylation sites is 2. The number of ether oxygens (including phenoxy) is 2. The van der Waals surface area contributed by atoms with Crippen LogP contribution in [0.4, 0.5) is 4.79 Å². The summed E-state index contributed by atoms with van der Waals surface area (Å²) in [4.78, 5) is 16.9. The van der Waals surface area contributed by atoms with Crippen LogP contribution in [-0.4, -0.2) is 67.3 Å². The molecule has 2 heterocycles. The molecule has 0 radical (unpaired) electrons. The maximum Gasteiger partial charge on any atom is 0.317 e. The van der Waals surface area contributed by atoms with Gasteiger partial charge in [0.1, 0.15) is 6.61 Å². The van der Waals surface area contributed by atoms with Crippen LogP contribution in [-0.2, 0) is 0 Å². The number of nitrogens with zero attached hydrogens (tertiary/aromatic N) is 2. The van der Waals surface area contributed by atoms with E-state index in [4.69, 9.17) is 9.47 Å². The third kappa shape index (κ3) is 4.49. The van der Waals surface area contributed by atoms with E-state index in [-0.39, 0.29) is 18.2 Å². The van der Waals surface area contributed by atoms with Gasteiger partial charge in [-0.2, -0.15) is 0 Å². The Bertz CT molecular complexity index is 639. The lowest BCUT2D eigenvalue weighted by molar-refractivity contribution is 0.0704. The zero-order chi connectivity index (χ0) is 18.6. The van der Waals surface area contributed by atoms with Gasteiger partial charge in [-0.05, 0) is 37.8 Å². The fraction of sp³-hybridized carbons (Fsp3) is 0.667. The Morgan fingerprint density at radius 3 is 2.59 bits per heavy atom. The van der Waals surface area contributed by atoms with E-state index in [0.29, 0.717) is 13.2 Å². The number of benzene rings is 1. The lowest BCUT2D eigenvalue weighted by Crippen LogP contribution is -2.51. The number of fused-ring (bicyclic) bond motifs is 1. The molecule has 1 saturated carbocycles. The Morgan fingerprint density at radius 1 is 1.15 bits per heavy atom. The Balaban J connectivity index is 1.21. The highest BCUT2D eigenvalue weighted by molar-refractivity contribution is 5.74. The SMILES string of the molecule is CN(CC1COc2ccccc2O1)C(=O)NC1CCN(C2CCCC2)CC1. The first kappa shape index (κ1) is 18.4. The Morgan fingerprint density at radius 2 is 1.85 bits per heavy atom. The molecule has 6 heteroatoms. The van der Waals surface area contributed by atoms with Crippen molar-refractivity contribution in [2.24, 2.45) is 0 Å². The minimum Gasteiger partial charge on any atom is -0.486 e. The maximum atomic E-state index is 12.6. The highest BCUT2D eigenvalue weighted by atomic mass is 16.6. The molecular formula is C21H31N3O3. The van der Waals surface area contributed by atoms with E-state index in [9.17, 15) is 4.79 Å². The van der Waals surface area contributed by atoms with Gasteiger partial charge in [-0.15, -0.1) is 0 Å². The number of carbonyl (C=O) groups is 1. The molecule has 148 valence electrons. The van der Waals surface area contributed by atoms with Crippen LogP contribution in [0, 0.1) is 0 Å². The van der Waals surface area contributed by atoms with Gasteiger partial charge in [0.25, 0.3) is 0 Å². The summed E-state index contributed by atoms with van der Waals surface area (Å²) in [7, 11) is 1.83. The van der Waals surface area contributed by atoms with Crippen LogP contribution in [0.25, 0.3) is 0 Å². The summed E-state index contributed by atoms with van der Waals surface area (Å²) in [5.41, 5.74) is 0. The van der Waals surface area contributed by atoms with Crippen molar-refractivity contribution in [1.82, 2.24) is 15.1 Å². The number of urea groups is 1. The molecule has 1 aliphatic carbocycles. The third-order valence-electron chi connectivity index (χ3n) is 6.09. The van der Waals surface area contributed by atoms with Gasteiger partial charge in [0.2, 0.25) is 0 Å². The number of amides is 2. The highest BCUT2D eigenvalue weighted by Gasteiger charge is 2.29. The lowest BCUT2D eigenvalue weighted by Gasteiger charge is -2.37. The average Bonchev–Trinajstić information content (AvgIpc) is 3.23. The molecular weight excluding hydrogens is 342 g/mol. The summed E-state index contributed by atoms with van der Waals surface area (Å²) >= 11 is 0. The van der Waals surface area contributed by atoms with E-state index < -0.39 is 0 Å². The molecule has 1 saturated heterocycles. The molecule has 2 fully saturated rings. The molecule has 3 aliphatic rings. The summed E-state index contributed by atoms with van der Waals surface area (Å²) in [5.74, 6) is 1.52. The zero-order valence-electron chi connectivity index (χ0n) is 16.2. The minimum atomic E-state index is -0.139. The van der Waals surface area contributed by atoms with Crippen LogP contribution < -0.4 is 14.8 Å². The Labute approximate surface area is 161 Å². The number of nitrogens with one attached hydrogen (secondary N) is 1. The fourth-order valence-corrected chi connectivity index (χ4v) is 4.50. The summed E-state index contributed by atoms with van der Waals surface area (Å²) in [6, 6.07) is 8.72. The Hall–Kier alpha value is -1.95. The van der Waals surface area contributed by atoms with E-state index >= 15 is 0 Å². The first-order valence-electron chi connectivity index (χ1n) is 10.3. The normalized spacial score (nSPS) is 24.0. The van der Waals surface area contributed by atoms with Crippen molar-refractivity contribution in [2.75, 3.05) is 33.3 Å². The largest absolute Gasteiger partial charge is 0.486 e. The van der Waals surface area contributed by atoms with Crippen molar-refractivity contribution in [1.29, 1.82) is 0 Å². The van der Waals surface area contributed by atoms with Crippen LogP contribution in [0.3, 0.4) is 0 Å². The second-order valence-electron chi connectivity index (χ2n) is 8.08. The van der Waals surface area contributed by atoms with Gasteiger partial charge in [-0.1, -0.05) is 25.0 Å². The minimum absolute atomic E-state index is 0.0169. The highest BCUT2D eigenvalue weighted by Crippen LogP contribution is 2.31. The summed E-state index contributed by atoms with van der Waals surface area (Å²) in [5, 5.41) is 3.20. The molecule has 1 aromatic carbocycles. The molecule has 1 N–H and O–H groups in total. The van der Waals surface area contributed by atoms with Crippen LogP contribution in [0.2, 0.25) is 0 Å². The summed E-state index contributed by atoms with van der Waals surface area (Å²) < 4.78 is 11.7. The van der Waals surface area contributed by atoms with Crippen LogP contribution in [0.5, 0.6) is 11.5 Å². The van der Waals surface area contributed by atoms with E-state index in [0.717, 1.165) is 43.5 Å². The molecule has 2 aliphatic heterocycles. The molecule has 4 rings (SSSR count). The molecule has 0 bridgehead atoms. The summed E-state index contributed by atoms with van der Waals surface area (Å²) in [6.07, 6.45) is 7.42. The number of hydrogen-bond donors (Lipinski definition) is 1. The monoisotopic (exact) mass is 373 g/mol. The number of piperidine rings is 1. The smallest absolute Gasteiger partial charge is 0.317 e. The number of hydrogen-bond acceptors (Lipinski definition) is 4. The van der Waals surface area contributed by atoms with Gasteiger partial charge in [-0.3, -0.25) is 0 Å². The summed E-state index contributed by atoms with van der Waals surface area (Å²) in [6.45, 7) is 3.20. The van der Waals surface area contributed by atoms with Gasteiger partial charge in [0, 0.05) is 32.2 Å². The fourth-order valence-electron chi connectivity index (χ4n) is 4.50. The van der Waals surface area contributed by atoms with Crippen LogP contribution in [0.15, 0.2) is 24.3 Å². The predicted octanol–water partition coefficient (Wildman–Crippen LogP) is 2.87. The topological polar surface area (TPSA) is 54.0 Å². The molecule has 1 unspecified atom stereocenters. The standard InChI is InChI=1S/C21H31N3O3/c1-23(14-18-15-26-19-8-4-5-9-20(19)27-18)21(25)22-16-10-12-24(13-11-16)17-6-2-3-7-17/h4-5,8-9,16-18H,2-3,6-7,10-15H2,1H3,(H,22,25). The van der Waals surface area contributed by atoms with E-state index in [1.54, 1.807) is 4.90 Å². The number of likely N-dealkylation sites (tertiary alicyclic amines) is 1. The molecule has 27 heavy (non-hydrogen) atoms. The first-order valence-corrected chi connectivity index (χ1v) is 10.3. The molecule has 0 spiro atoms. The van der Waals surface area contributed by atoms with Crippen LogP contribution in [0.1, 0.15) is 38.5 Å². The molecule has 0 aromatic heterocycles. The van der Waals surface area contributed by atoms with Gasteiger partial charge in [-0.25, -0.2) is 4.79 Å². The zero-order valence-corrected chi connectivity index (χ0v) is 16.2. The Kier molecular flexibility index (Phi) is 5.72. The number of carbonyl (C=O) groups excluding carboxylic acids is 1. The van der Waals surface area contributed by atoms with E-state index in [2.05, 4.69) is 10.2 Å². The average molecular weight is 373 g/mol. The van der Waals surface area contributed by atoms with Crippen molar-refractivity contribution in [3.63, 3.8) is 0 Å². The molecule has 1 aromatic rings. The van der Waals surface area contributed by atoms with Gasteiger partial charge in [0.05, 0.1) is 6.54 Å². The molecule has 2 amide bonds. The lowest BCUT2D eigenvalue weighted by atomic mass is 10.0. The second kappa shape index (κ2) is 8.38. The van der Waals surface area contributed by atoms with Crippen molar-refractivity contribution in [3.8, 4) is 11.5 Å². The maximum absolute atomic E-state index is 12.6. The number of rotatable bonds is 4. The van der Waals surface area contributed by atoms with Crippen LogP contribution >= 0.6 is 0 Å². The first-order chi connectivity index (χ1) is 13.2. The molecule has 1 atom stereocenters. The quantitative estimate of drug-likeness (QED) is 0.882.